The summed E-state index contributed by atoms with van der Waals surface area (Å²) in [6.45, 7) is 4.48. The predicted molar refractivity (Wildman–Crippen MR) is 146 cm³/mol. The van der Waals surface area contributed by atoms with Crippen LogP contribution in [0.5, 0.6) is 5.75 Å². The summed E-state index contributed by atoms with van der Waals surface area (Å²) in [6, 6.07) is 7.32. The molecular weight excluding hydrogens is 562 g/mol. The van der Waals surface area contributed by atoms with Gasteiger partial charge in [0.05, 0.1) is 30.9 Å². The number of carbonyl (C=O) groups is 2. The number of rotatable bonds is 7. The maximum Gasteiger partial charge on any atom is 0.573 e. The molecule has 0 radical (unpaired) electrons. The van der Waals surface area contributed by atoms with Gasteiger partial charge in [0.15, 0.2) is 5.84 Å². The number of morpholine rings is 1. The van der Waals surface area contributed by atoms with Crippen LogP contribution >= 0.6 is 0 Å². The molecule has 0 saturated carbocycles. The number of Topliss-reactive ketones (excluding diaryl/α,β-unsaturated/α-hetero) is 1. The van der Waals surface area contributed by atoms with E-state index in [9.17, 15) is 22.8 Å². The van der Waals surface area contributed by atoms with Crippen LogP contribution < -0.4 is 21.1 Å². The Morgan fingerprint density at radius 3 is 2.48 bits per heavy atom. The van der Waals surface area contributed by atoms with Crippen LogP contribution in [0, 0.1) is 11.7 Å². The molecule has 2 amide bonds. The van der Waals surface area contributed by atoms with E-state index in [0.717, 1.165) is 12.1 Å². The number of urea groups is 1. The summed E-state index contributed by atoms with van der Waals surface area (Å²) in [7, 11) is 0. The highest BCUT2D eigenvalue weighted by Gasteiger charge is 2.46. The standard InChI is InChI=1S/C27H27F4N7O4/c1-15(39)22-21(13-37-8-10-41-11-9-37)38-24(25(32)33-14-34-38)23(22)16-2-7-20(19(28)12-16)36-26(40)35-17-3-5-18(6-4-17)42-27(29,30)31/h2-7,12,14,21-22H,8-11,13H2,1H3,(H2,32,33,34)(H2,35,36,40). The van der Waals surface area contributed by atoms with Crippen LogP contribution in [0.2, 0.25) is 0 Å². The monoisotopic (exact) mass is 589 g/mol. The van der Waals surface area contributed by atoms with Crippen LogP contribution in [-0.2, 0) is 9.53 Å². The molecule has 15 heteroatoms. The van der Waals surface area contributed by atoms with Gasteiger partial charge >= 0.3 is 12.4 Å². The summed E-state index contributed by atoms with van der Waals surface area (Å²) in [5.74, 6) is -1.94. The highest BCUT2D eigenvalue weighted by molar-refractivity contribution is 6.11. The Bertz CT molecular complexity index is 1450. The van der Waals surface area contributed by atoms with Gasteiger partial charge in [-0.15, -0.1) is 13.2 Å². The number of ketones is 1. The lowest BCUT2D eigenvalue weighted by Crippen LogP contribution is -2.48. The van der Waals surface area contributed by atoms with Crippen LogP contribution in [0.1, 0.15) is 12.5 Å². The number of carbonyl (C=O) groups excluding carboxylic acids is 2. The molecule has 42 heavy (non-hydrogen) atoms. The van der Waals surface area contributed by atoms with Crippen molar-refractivity contribution in [2.75, 3.05) is 43.5 Å². The summed E-state index contributed by atoms with van der Waals surface area (Å²) in [5, 5.41) is 10.8. The van der Waals surface area contributed by atoms with Crippen molar-refractivity contribution in [2.24, 2.45) is 21.7 Å². The van der Waals surface area contributed by atoms with E-state index in [0.29, 0.717) is 49.7 Å². The molecule has 2 unspecified atom stereocenters. The highest BCUT2D eigenvalue weighted by atomic mass is 19.4. The first-order valence-corrected chi connectivity index (χ1v) is 12.9. The van der Waals surface area contributed by atoms with Crippen molar-refractivity contribution >= 4 is 40.9 Å². The molecule has 3 heterocycles. The molecule has 1 fully saturated rings. The first-order chi connectivity index (χ1) is 20.0. The average Bonchev–Trinajstić information content (AvgIpc) is 3.26. The number of nitrogens with one attached hydrogen (secondary N) is 2. The van der Waals surface area contributed by atoms with Crippen LogP contribution in [0.3, 0.4) is 0 Å². The number of halogens is 4. The van der Waals surface area contributed by atoms with E-state index in [-0.39, 0.29) is 23.0 Å². The Hall–Kier alpha value is -4.50. The summed E-state index contributed by atoms with van der Waals surface area (Å²) >= 11 is 0. The van der Waals surface area contributed by atoms with Crippen LogP contribution in [-0.4, -0.2) is 79.1 Å². The number of ether oxygens (including phenoxy) is 2. The number of hydrogen-bond acceptors (Lipinski definition) is 9. The molecule has 0 aliphatic carbocycles. The lowest BCUT2D eigenvalue weighted by atomic mass is 9.85. The van der Waals surface area contributed by atoms with Crippen molar-refractivity contribution in [3.63, 3.8) is 0 Å². The number of amides is 2. The summed E-state index contributed by atoms with van der Waals surface area (Å²) < 4.78 is 61.6. The fourth-order valence-electron chi connectivity index (χ4n) is 5.20. The second kappa shape index (κ2) is 11.8. The smallest absolute Gasteiger partial charge is 0.406 e. The summed E-state index contributed by atoms with van der Waals surface area (Å²) in [5.41, 5.74) is 7.51. The highest BCUT2D eigenvalue weighted by Crippen LogP contribution is 2.43. The maximum atomic E-state index is 15.3. The molecule has 222 valence electrons. The summed E-state index contributed by atoms with van der Waals surface area (Å²) in [4.78, 5) is 31.8. The second-order valence-electron chi connectivity index (χ2n) is 9.77. The van der Waals surface area contributed by atoms with Gasteiger partial charge in [-0.2, -0.15) is 5.10 Å². The molecule has 3 aliphatic heterocycles. The lowest BCUT2D eigenvalue weighted by Gasteiger charge is -2.34. The Labute approximate surface area is 237 Å². The predicted octanol–water partition coefficient (Wildman–Crippen LogP) is 3.62. The molecule has 3 aliphatic rings. The molecule has 11 nitrogen and oxygen atoms in total. The van der Waals surface area contributed by atoms with E-state index in [1.54, 1.807) is 11.1 Å². The van der Waals surface area contributed by atoms with Gasteiger partial charge in [0.2, 0.25) is 0 Å². The van der Waals surface area contributed by atoms with Gasteiger partial charge in [-0.25, -0.2) is 14.2 Å². The molecule has 4 N–H and O–H groups in total. The molecule has 2 aromatic rings. The van der Waals surface area contributed by atoms with Crippen molar-refractivity contribution < 1.29 is 36.6 Å². The number of nitrogens with two attached hydrogens (primary N) is 1. The van der Waals surface area contributed by atoms with Gasteiger partial charge < -0.3 is 25.8 Å². The van der Waals surface area contributed by atoms with Gasteiger partial charge in [0, 0.05) is 30.9 Å². The van der Waals surface area contributed by atoms with Crippen molar-refractivity contribution in [1.29, 1.82) is 0 Å². The molecule has 1 saturated heterocycles. The molecule has 0 aromatic heterocycles. The first-order valence-electron chi connectivity index (χ1n) is 12.9. The fourth-order valence-corrected chi connectivity index (χ4v) is 5.20. The van der Waals surface area contributed by atoms with E-state index in [2.05, 4.69) is 30.4 Å². The van der Waals surface area contributed by atoms with Gasteiger partial charge in [0.25, 0.3) is 0 Å². The Balaban J connectivity index is 1.35. The topological polar surface area (TPSA) is 134 Å². The average molecular weight is 590 g/mol. The van der Waals surface area contributed by atoms with E-state index in [1.165, 1.54) is 37.5 Å². The van der Waals surface area contributed by atoms with Crippen molar-refractivity contribution in [3.8, 4) is 5.75 Å². The zero-order valence-corrected chi connectivity index (χ0v) is 22.3. The second-order valence-corrected chi connectivity index (χ2v) is 9.77. The zero-order valence-electron chi connectivity index (χ0n) is 22.3. The zero-order chi connectivity index (χ0) is 30.0. The van der Waals surface area contributed by atoms with Gasteiger partial charge in [-0.3, -0.25) is 14.7 Å². The fraction of sp³-hybridized carbons (Fsp3) is 0.333. The quantitative estimate of drug-likeness (QED) is 0.420. The number of anilines is 2. The number of alkyl halides is 3. The third-order valence-corrected chi connectivity index (χ3v) is 6.97. The first kappa shape index (κ1) is 29.0. The Morgan fingerprint density at radius 1 is 1.12 bits per heavy atom. The number of hydrazone groups is 1. The lowest BCUT2D eigenvalue weighted by molar-refractivity contribution is -0.274. The Morgan fingerprint density at radius 2 is 1.83 bits per heavy atom. The molecule has 0 spiro atoms. The molecular formula is C27H27F4N7O4. The minimum Gasteiger partial charge on any atom is -0.406 e. The summed E-state index contributed by atoms with van der Waals surface area (Å²) in [6.07, 6.45) is -3.53. The van der Waals surface area contributed by atoms with E-state index < -0.39 is 35.9 Å². The number of nitrogens with zero attached hydrogens (tertiary/aromatic N) is 4. The van der Waals surface area contributed by atoms with E-state index in [1.807, 2.05) is 0 Å². The molecule has 2 atom stereocenters. The molecule has 5 rings (SSSR count). The van der Waals surface area contributed by atoms with Crippen LogP contribution in [0.15, 0.2) is 58.3 Å². The third kappa shape index (κ3) is 6.36. The normalized spacial score (nSPS) is 20.7. The maximum absolute atomic E-state index is 15.3. The van der Waals surface area contributed by atoms with Gasteiger partial charge in [-0.05, 0) is 48.9 Å². The SMILES string of the molecule is CC(=O)C1C(c2ccc(NC(=O)Nc3ccc(OC(F)(F)F)cc3)c(F)c2)=C2C(N)=NC=NN2C1CN1CCOCC1. The van der Waals surface area contributed by atoms with Crippen molar-refractivity contribution in [1.82, 2.24) is 9.91 Å². The Kier molecular flexibility index (Phi) is 8.13. The number of hydrogen-bond donors (Lipinski definition) is 3. The van der Waals surface area contributed by atoms with Gasteiger partial charge in [-0.1, -0.05) is 6.07 Å². The molecule has 2 aromatic carbocycles. The van der Waals surface area contributed by atoms with Crippen LogP contribution in [0.25, 0.3) is 5.57 Å². The number of aliphatic imine (C=N–C) groups is 1. The van der Waals surface area contributed by atoms with E-state index >= 15 is 4.39 Å². The van der Waals surface area contributed by atoms with E-state index in [4.69, 9.17) is 10.5 Å². The number of fused-ring (bicyclic) bond motifs is 1. The van der Waals surface area contributed by atoms with Crippen molar-refractivity contribution in [3.05, 3.63) is 59.5 Å². The minimum absolute atomic E-state index is 0.143. The minimum atomic E-state index is -4.85. The number of amidine groups is 1. The van der Waals surface area contributed by atoms with Crippen LogP contribution in [0.4, 0.5) is 33.7 Å². The third-order valence-electron chi connectivity index (χ3n) is 6.97. The van der Waals surface area contributed by atoms with Gasteiger partial charge in [0.1, 0.15) is 29.4 Å². The molecule has 0 bridgehead atoms. The van der Waals surface area contributed by atoms with Crippen molar-refractivity contribution in [2.45, 2.75) is 19.3 Å². The number of benzene rings is 2. The largest absolute Gasteiger partial charge is 0.573 e.